The Hall–Kier alpha value is -2.24. The Morgan fingerprint density at radius 1 is 1.29 bits per heavy atom. The normalized spacial score (nSPS) is 12.3. The molecule has 0 unspecified atom stereocenters. The second kappa shape index (κ2) is 4.32. The minimum absolute atomic E-state index is 0.0365. The maximum atomic E-state index is 11.6. The number of hydrogen-bond acceptors (Lipinski definition) is 5. The van der Waals surface area contributed by atoms with Crippen LogP contribution in [-0.2, 0) is 4.74 Å². The van der Waals surface area contributed by atoms with Crippen molar-refractivity contribution in [2.45, 2.75) is 6.92 Å². The molecule has 1 aromatic rings. The van der Waals surface area contributed by atoms with Crippen molar-refractivity contribution in [3.63, 3.8) is 0 Å². The molecule has 1 N–H and O–H groups in total. The van der Waals surface area contributed by atoms with Crippen molar-refractivity contribution >= 4 is 11.9 Å². The van der Waals surface area contributed by atoms with E-state index in [2.05, 4.69) is 0 Å². The summed E-state index contributed by atoms with van der Waals surface area (Å²) in [5.74, 6) is -1.50. The van der Waals surface area contributed by atoms with E-state index in [4.69, 9.17) is 19.3 Å². The van der Waals surface area contributed by atoms with Gasteiger partial charge in [-0.2, -0.15) is 0 Å². The highest BCUT2D eigenvalue weighted by atomic mass is 16.7. The van der Waals surface area contributed by atoms with E-state index in [1.807, 2.05) is 0 Å². The molecule has 1 aliphatic heterocycles. The SMILES string of the molecule is CCOC(=O)c1ccc(C(=O)O)c2c1OCO2. The van der Waals surface area contributed by atoms with Crippen LogP contribution in [0.25, 0.3) is 0 Å². The fourth-order valence-corrected chi connectivity index (χ4v) is 1.53. The van der Waals surface area contributed by atoms with Gasteiger partial charge in [0.25, 0.3) is 0 Å². The molecule has 0 atom stereocenters. The quantitative estimate of drug-likeness (QED) is 0.799. The largest absolute Gasteiger partial charge is 0.478 e. The monoisotopic (exact) mass is 238 g/mol. The summed E-state index contributed by atoms with van der Waals surface area (Å²) in [4.78, 5) is 22.5. The molecule has 1 aliphatic rings. The molecule has 0 saturated heterocycles. The van der Waals surface area contributed by atoms with Gasteiger partial charge in [0.15, 0.2) is 11.5 Å². The first-order chi connectivity index (χ1) is 8.15. The van der Waals surface area contributed by atoms with E-state index >= 15 is 0 Å². The van der Waals surface area contributed by atoms with Gasteiger partial charge in [-0.15, -0.1) is 0 Å². The van der Waals surface area contributed by atoms with Crippen molar-refractivity contribution in [1.82, 2.24) is 0 Å². The average Bonchev–Trinajstić information content (AvgIpc) is 2.76. The number of aromatic carboxylic acids is 1. The molecule has 0 spiro atoms. The third kappa shape index (κ3) is 1.89. The van der Waals surface area contributed by atoms with Gasteiger partial charge < -0.3 is 19.3 Å². The Balaban J connectivity index is 2.48. The Bertz CT molecular complexity index is 479. The van der Waals surface area contributed by atoms with Gasteiger partial charge >= 0.3 is 11.9 Å². The lowest BCUT2D eigenvalue weighted by molar-refractivity contribution is 0.0520. The van der Waals surface area contributed by atoms with Crippen LogP contribution in [0.1, 0.15) is 27.6 Å². The lowest BCUT2D eigenvalue weighted by atomic mass is 10.1. The Morgan fingerprint density at radius 3 is 2.47 bits per heavy atom. The summed E-state index contributed by atoms with van der Waals surface area (Å²) in [5, 5.41) is 8.93. The van der Waals surface area contributed by atoms with Crippen molar-refractivity contribution in [3.05, 3.63) is 23.3 Å². The number of carbonyl (C=O) groups excluding carboxylic acids is 1. The van der Waals surface area contributed by atoms with Crippen LogP contribution in [0.2, 0.25) is 0 Å². The summed E-state index contributed by atoms with van der Waals surface area (Å²) in [6, 6.07) is 2.65. The van der Waals surface area contributed by atoms with Crippen molar-refractivity contribution in [3.8, 4) is 11.5 Å². The van der Waals surface area contributed by atoms with Gasteiger partial charge in [-0.3, -0.25) is 0 Å². The molecule has 17 heavy (non-hydrogen) atoms. The topological polar surface area (TPSA) is 82.1 Å². The van der Waals surface area contributed by atoms with E-state index in [0.717, 1.165) is 0 Å². The van der Waals surface area contributed by atoms with Gasteiger partial charge in [0.05, 0.1) is 6.61 Å². The first-order valence-corrected chi connectivity index (χ1v) is 4.98. The summed E-state index contributed by atoms with van der Waals surface area (Å²) in [6.45, 7) is 1.81. The molecule has 0 aromatic heterocycles. The highest BCUT2D eigenvalue weighted by molar-refractivity contribution is 5.99. The van der Waals surface area contributed by atoms with Gasteiger partial charge in [-0.1, -0.05) is 0 Å². The Labute approximate surface area is 96.7 Å². The zero-order valence-electron chi connectivity index (χ0n) is 9.06. The number of carbonyl (C=O) groups is 2. The molecule has 0 aliphatic carbocycles. The van der Waals surface area contributed by atoms with Crippen molar-refractivity contribution in [2.24, 2.45) is 0 Å². The molecule has 6 nitrogen and oxygen atoms in total. The lowest BCUT2D eigenvalue weighted by Gasteiger charge is -2.06. The van der Waals surface area contributed by atoms with Crippen molar-refractivity contribution in [2.75, 3.05) is 13.4 Å². The number of fused-ring (bicyclic) bond motifs is 1. The molecular weight excluding hydrogens is 228 g/mol. The molecule has 0 saturated carbocycles. The predicted octanol–water partition coefficient (Wildman–Crippen LogP) is 1.29. The summed E-state index contributed by atoms with van der Waals surface area (Å²) >= 11 is 0. The van der Waals surface area contributed by atoms with Crippen LogP contribution < -0.4 is 9.47 Å². The van der Waals surface area contributed by atoms with Crippen LogP contribution in [0.5, 0.6) is 11.5 Å². The highest BCUT2D eigenvalue weighted by Crippen LogP contribution is 2.39. The summed E-state index contributed by atoms with van der Waals surface area (Å²) in [5.41, 5.74) is 0.134. The number of rotatable bonds is 3. The van der Waals surface area contributed by atoms with Crippen LogP contribution >= 0.6 is 0 Å². The molecule has 0 amide bonds. The molecular formula is C11H10O6. The smallest absolute Gasteiger partial charge is 0.342 e. The highest BCUT2D eigenvalue weighted by Gasteiger charge is 2.28. The Kier molecular flexibility index (Phi) is 2.86. The van der Waals surface area contributed by atoms with Crippen LogP contribution in [0.15, 0.2) is 12.1 Å². The number of ether oxygens (including phenoxy) is 3. The number of carboxylic acids is 1. The minimum Gasteiger partial charge on any atom is -0.478 e. The maximum absolute atomic E-state index is 11.6. The molecule has 0 radical (unpaired) electrons. The Morgan fingerprint density at radius 2 is 1.88 bits per heavy atom. The maximum Gasteiger partial charge on any atom is 0.342 e. The van der Waals surface area contributed by atoms with Gasteiger partial charge in [-0.05, 0) is 19.1 Å². The molecule has 2 rings (SSSR count). The van der Waals surface area contributed by atoms with Gasteiger partial charge in [0.1, 0.15) is 11.1 Å². The van der Waals surface area contributed by atoms with Crippen LogP contribution in [0, 0.1) is 0 Å². The van der Waals surface area contributed by atoms with E-state index < -0.39 is 11.9 Å². The average molecular weight is 238 g/mol. The summed E-state index contributed by atoms with van der Waals surface area (Å²) in [6.07, 6.45) is 0. The molecule has 1 heterocycles. The fourth-order valence-electron chi connectivity index (χ4n) is 1.53. The zero-order valence-corrected chi connectivity index (χ0v) is 9.06. The van der Waals surface area contributed by atoms with Crippen molar-refractivity contribution < 1.29 is 28.9 Å². The first kappa shape index (κ1) is 11.3. The zero-order chi connectivity index (χ0) is 12.4. The van der Waals surface area contributed by atoms with Crippen LogP contribution in [0.4, 0.5) is 0 Å². The second-order valence-corrected chi connectivity index (χ2v) is 3.25. The van der Waals surface area contributed by atoms with E-state index in [0.29, 0.717) is 0 Å². The lowest BCUT2D eigenvalue weighted by Crippen LogP contribution is -2.07. The fraction of sp³-hybridized carbons (Fsp3) is 0.273. The molecule has 0 bridgehead atoms. The number of benzene rings is 1. The second-order valence-electron chi connectivity index (χ2n) is 3.25. The minimum atomic E-state index is -1.14. The third-order valence-corrected chi connectivity index (χ3v) is 2.24. The van der Waals surface area contributed by atoms with Crippen LogP contribution in [0.3, 0.4) is 0 Å². The summed E-state index contributed by atoms with van der Waals surface area (Å²) < 4.78 is 15.0. The van der Waals surface area contributed by atoms with Crippen molar-refractivity contribution in [1.29, 1.82) is 0 Å². The van der Waals surface area contributed by atoms with E-state index in [9.17, 15) is 9.59 Å². The van der Waals surface area contributed by atoms with E-state index in [-0.39, 0.29) is 36.0 Å². The number of carboxylic acid groups (broad SMARTS) is 1. The molecule has 90 valence electrons. The number of hydrogen-bond donors (Lipinski definition) is 1. The van der Waals surface area contributed by atoms with Gasteiger partial charge in [0.2, 0.25) is 6.79 Å². The van der Waals surface area contributed by atoms with Crippen LogP contribution in [-0.4, -0.2) is 30.4 Å². The van der Waals surface area contributed by atoms with E-state index in [1.165, 1.54) is 12.1 Å². The van der Waals surface area contributed by atoms with E-state index in [1.54, 1.807) is 6.92 Å². The molecule has 0 fully saturated rings. The van der Waals surface area contributed by atoms with Gasteiger partial charge in [-0.25, -0.2) is 9.59 Å². The van der Waals surface area contributed by atoms with Gasteiger partial charge in [0, 0.05) is 0 Å². The number of esters is 1. The summed E-state index contributed by atoms with van der Waals surface area (Å²) in [7, 11) is 0. The molecule has 6 heteroatoms. The third-order valence-electron chi connectivity index (χ3n) is 2.24. The molecule has 1 aromatic carbocycles. The first-order valence-electron chi connectivity index (χ1n) is 4.98. The predicted molar refractivity (Wildman–Crippen MR) is 55.5 cm³/mol. The standard InChI is InChI=1S/C11H10O6/c1-2-15-11(14)7-4-3-6(10(12)13)8-9(7)17-5-16-8/h3-4H,2,5H2,1H3,(H,12,13).